The summed E-state index contributed by atoms with van der Waals surface area (Å²) in [6, 6.07) is -0.115. The van der Waals surface area contributed by atoms with Crippen LogP contribution in [0, 0.1) is 11.8 Å². The van der Waals surface area contributed by atoms with Crippen molar-refractivity contribution in [3.05, 3.63) is 0 Å². The van der Waals surface area contributed by atoms with Crippen molar-refractivity contribution in [2.45, 2.75) is 45.4 Å². The lowest BCUT2D eigenvalue weighted by Gasteiger charge is -2.24. The Morgan fingerprint density at radius 1 is 1.31 bits per heavy atom. The van der Waals surface area contributed by atoms with Gasteiger partial charge >= 0.3 is 0 Å². The van der Waals surface area contributed by atoms with E-state index in [-0.39, 0.29) is 24.2 Å². The van der Waals surface area contributed by atoms with Crippen LogP contribution in [0.5, 0.6) is 0 Å². The zero-order valence-corrected chi connectivity index (χ0v) is 10.7. The molecule has 4 heteroatoms. The monoisotopic (exact) mass is 229 g/mol. The summed E-state index contributed by atoms with van der Waals surface area (Å²) >= 11 is 0. The molecule has 0 aliphatic heterocycles. The van der Waals surface area contributed by atoms with Crippen LogP contribution in [0.1, 0.15) is 33.1 Å². The third-order valence-electron chi connectivity index (χ3n) is 3.44. The standard InChI is InChI=1S/C12H23NO3/c1-8-6-5-7-10(8)11(14)13-9(2)12(15-3)16-4/h8-10,12H,5-7H2,1-4H3,(H,13,14). The van der Waals surface area contributed by atoms with Gasteiger partial charge in [-0.25, -0.2) is 0 Å². The molecular weight excluding hydrogens is 206 g/mol. The van der Waals surface area contributed by atoms with Crippen LogP contribution < -0.4 is 5.32 Å². The minimum absolute atomic E-state index is 0.115. The van der Waals surface area contributed by atoms with Crippen molar-refractivity contribution in [2.24, 2.45) is 11.8 Å². The molecule has 0 heterocycles. The van der Waals surface area contributed by atoms with Crippen molar-refractivity contribution in [3.63, 3.8) is 0 Å². The minimum atomic E-state index is -0.374. The van der Waals surface area contributed by atoms with Crippen molar-refractivity contribution >= 4 is 5.91 Å². The van der Waals surface area contributed by atoms with Gasteiger partial charge in [0.2, 0.25) is 5.91 Å². The molecule has 0 radical (unpaired) electrons. The van der Waals surface area contributed by atoms with Crippen LogP contribution in [-0.2, 0) is 14.3 Å². The summed E-state index contributed by atoms with van der Waals surface area (Å²) in [6.45, 7) is 4.04. The molecule has 4 nitrogen and oxygen atoms in total. The number of nitrogens with one attached hydrogen (secondary N) is 1. The summed E-state index contributed by atoms with van der Waals surface area (Å²) < 4.78 is 10.2. The van der Waals surface area contributed by atoms with Crippen LogP contribution in [0.4, 0.5) is 0 Å². The summed E-state index contributed by atoms with van der Waals surface area (Å²) in [6.07, 6.45) is 2.95. The lowest BCUT2D eigenvalue weighted by atomic mass is 9.97. The molecule has 0 aromatic rings. The van der Waals surface area contributed by atoms with E-state index in [0.29, 0.717) is 5.92 Å². The normalized spacial score (nSPS) is 27.1. The quantitative estimate of drug-likeness (QED) is 0.728. The Morgan fingerprint density at radius 2 is 1.94 bits per heavy atom. The van der Waals surface area contributed by atoms with E-state index in [9.17, 15) is 4.79 Å². The molecule has 0 bridgehead atoms. The Kier molecular flexibility index (Phi) is 5.22. The van der Waals surface area contributed by atoms with Gasteiger partial charge in [0.1, 0.15) is 0 Å². The maximum absolute atomic E-state index is 12.0. The highest BCUT2D eigenvalue weighted by Crippen LogP contribution is 2.31. The highest BCUT2D eigenvalue weighted by atomic mass is 16.7. The number of rotatable bonds is 5. The molecule has 0 aromatic carbocycles. The van der Waals surface area contributed by atoms with E-state index >= 15 is 0 Å². The van der Waals surface area contributed by atoms with E-state index in [1.165, 1.54) is 0 Å². The molecule has 3 unspecified atom stereocenters. The second-order valence-electron chi connectivity index (χ2n) is 4.65. The van der Waals surface area contributed by atoms with E-state index in [1.54, 1.807) is 14.2 Å². The molecule has 3 atom stereocenters. The minimum Gasteiger partial charge on any atom is -0.354 e. The average Bonchev–Trinajstić information content (AvgIpc) is 2.66. The summed E-state index contributed by atoms with van der Waals surface area (Å²) in [7, 11) is 3.16. The number of ether oxygens (including phenoxy) is 2. The zero-order chi connectivity index (χ0) is 12.1. The van der Waals surface area contributed by atoms with E-state index in [2.05, 4.69) is 12.2 Å². The number of hydrogen-bond donors (Lipinski definition) is 1. The number of carbonyl (C=O) groups is 1. The fourth-order valence-electron chi connectivity index (χ4n) is 2.44. The first-order valence-electron chi connectivity index (χ1n) is 5.96. The van der Waals surface area contributed by atoms with Crippen LogP contribution in [0.15, 0.2) is 0 Å². The van der Waals surface area contributed by atoms with Crippen molar-refractivity contribution in [2.75, 3.05) is 14.2 Å². The second kappa shape index (κ2) is 6.21. The van der Waals surface area contributed by atoms with Crippen LogP contribution >= 0.6 is 0 Å². The summed E-state index contributed by atoms with van der Waals surface area (Å²) in [4.78, 5) is 12.0. The average molecular weight is 229 g/mol. The van der Waals surface area contributed by atoms with Gasteiger partial charge < -0.3 is 14.8 Å². The topological polar surface area (TPSA) is 47.6 Å². The largest absolute Gasteiger partial charge is 0.354 e. The van der Waals surface area contributed by atoms with Gasteiger partial charge in [0.25, 0.3) is 0 Å². The first kappa shape index (κ1) is 13.5. The molecule has 16 heavy (non-hydrogen) atoms. The Bertz CT molecular complexity index is 228. The van der Waals surface area contributed by atoms with Crippen LogP contribution in [-0.4, -0.2) is 32.5 Å². The Labute approximate surface area is 97.7 Å². The maximum atomic E-state index is 12.0. The van der Waals surface area contributed by atoms with Crippen molar-refractivity contribution in [1.82, 2.24) is 5.32 Å². The number of carbonyl (C=O) groups excluding carboxylic acids is 1. The Morgan fingerprint density at radius 3 is 2.38 bits per heavy atom. The van der Waals surface area contributed by atoms with Gasteiger partial charge in [0.15, 0.2) is 6.29 Å². The third kappa shape index (κ3) is 3.19. The number of amides is 1. The molecule has 1 N–H and O–H groups in total. The molecule has 0 aromatic heterocycles. The Hall–Kier alpha value is -0.610. The second-order valence-corrected chi connectivity index (χ2v) is 4.65. The highest BCUT2D eigenvalue weighted by molar-refractivity contribution is 5.79. The van der Waals surface area contributed by atoms with Gasteiger partial charge in [-0.1, -0.05) is 13.3 Å². The van der Waals surface area contributed by atoms with Crippen LogP contribution in [0.2, 0.25) is 0 Å². The van der Waals surface area contributed by atoms with Crippen LogP contribution in [0.3, 0.4) is 0 Å². The van der Waals surface area contributed by atoms with Gasteiger partial charge in [-0.15, -0.1) is 0 Å². The van der Waals surface area contributed by atoms with Gasteiger partial charge in [-0.3, -0.25) is 4.79 Å². The van der Waals surface area contributed by atoms with Crippen molar-refractivity contribution < 1.29 is 14.3 Å². The van der Waals surface area contributed by atoms with Crippen molar-refractivity contribution in [1.29, 1.82) is 0 Å². The summed E-state index contributed by atoms with van der Waals surface area (Å²) in [5, 5.41) is 2.97. The van der Waals surface area contributed by atoms with E-state index in [1.807, 2.05) is 6.92 Å². The molecule has 1 saturated carbocycles. The zero-order valence-electron chi connectivity index (χ0n) is 10.7. The highest BCUT2D eigenvalue weighted by Gasteiger charge is 2.31. The first-order valence-corrected chi connectivity index (χ1v) is 5.96. The molecule has 1 aliphatic rings. The van der Waals surface area contributed by atoms with E-state index in [0.717, 1.165) is 19.3 Å². The van der Waals surface area contributed by atoms with Gasteiger partial charge in [0.05, 0.1) is 6.04 Å². The number of methoxy groups -OCH3 is 2. The van der Waals surface area contributed by atoms with Crippen molar-refractivity contribution in [3.8, 4) is 0 Å². The lowest BCUT2D eigenvalue weighted by Crippen LogP contribution is -2.45. The van der Waals surface area contributed by atoms with E-state index < -0.39 is 0 Å². The maximum Gasteiger partial charge on any atom is 0.223 e. The summed E-state index contributed by atoms with van der Waals surface area (Å²) in [5.74, 6) is 0.796. The molecule has 0 saturated heterocycles. The lowest BCUT2D eigenvalue weighted by molar-refractivity contribution is -0.139. The molecule has 94 valence electrons. The molecule has 1 rings (SSSR count). The van der Waals surface area contributed by atoms with Crippen LogP contribution in [0.25, 0.3) is 0 Å². The molecule has 0 spiro atoms. The SMILES string of the molecule is COC(OC)C(C)NC(=O)C1CCCC1C. The predicted octanol–water partition coefficient (Wildman–Crippen LogP) is 1.55. The van der Waals surface area contributed by atoms with Gasteiger partial charge in [-0.2, -0.15) is 0 Å². The fraction of sp³-hybridized carbons (Fsp3) is 0.917. The Balaban J connectivity index is 2.44. The molecule has 1 aliphatic carbocycles. The number of hydrogen-bond acceptors (Lipinski definition) is 3. The smallest absolute Gasteiger partial charge is 0.223 e. The molecule has 1 amide bonds. The first-order chi connectivity index (χ1) is 7.60. The van der Waals surface area contributed by atoms with Gasteiger partial charge in [-0.05, 0) is 25.7 Å². The predicted molar refractivity (Wildman–Crippen MR) is 61.9 cm³/mol. The summed E-state index contributed by atoms with van der Waals surface area (Å²) in [5.41, 5.74) is 0. The van der Waals surface area contributed by atoms with E-state index in [4.69, 9.17) is 9.47 Å². The molecular formula is C12H23NO3. The third-order valence-corrected chi connectivity index (χ3v) is 3.44. The molecule has 1 fully saturated rings. The fourth-order valence-corrected chi connectivity index (χ4v) is 2.44. The van der Waals surface area contributed by atoms with Gasteiger partial charge in [0, 0.05) is 20.1 Å².